The number of carbonyl (C=O) groups is 1. The lowest BCUT2D eigenvalue weighted by molar-refractivity contribution is -0.136. The number of pyridine rings is 1. The highest BCUT2D eigenvalue weighted by Crippen LogP contribution is 2.48. The average molecular weight is 493 g/mol. The molecule has 9 nitrogen and oxygen atoms in total. The van der Waals surface area contributed by atoms with Gasteiger partial charge in [-0.25, -0.2) is 18.3 Å². The molecule has 0 saturated heterocycles. The van der Waals surface area contributed by atoms with Crippen LogP contribution in [0.5, 0.6) is 0 Å². The largest absolute Gasteiger partial charge is 0.418 e. The van der Waals surface area contributed by atoms with Crippen molar-refractivity contribution in [2.45, 2.75) is 43.3 Å². The summed E-state index contributed by atoms with van der Waals surface area (Å²) in [6.07, 6.45) is -2.26. The van der Waals surface area contributed by atoms with Gasteiger partial charge in [0.2, 0.25) is 11.8 Å². The first-order chi connectivity index (χ1) is 16.6. The first kappa shape index (κ1) is 21.7. The van der Waals surface area contributed by atoms with E-state index in [0.29, 0.717) is 12.1 Å². The van der Waals surface area contributed by atoms with Crippen LogP contribution in [0.2, 0.25) is 0 Å². The van der Waals surface area contributed by atoms with Crippen molar-refractivity contribution in [2.75, 3.05) is 6.54 Å². The van der Waals surface area contributed by atoms with E-state index in [1.807, 2.05) is 0 Å². The first-order valence-corrected chi connectivity index (χ1v) is 10.7. The fourth-order valence-electron chi connectivity index (χ4n) is 4.65. The average Bonchev–Trinajstić information content (AvgIpc) is 3.53. The predicted octanol–water partition coefficient (Wildman–Crippen LogP) is 3.76. The van der Waals surface area contributed by atoms with Crippen LogP contribution in [0.25, 0.3) is 5.52 Å². The second-order valence-electron chi connectivity index (χ2n) is 8.64. The van der Waals surface area contributed by atoms with Crippen molar-refractivity contribution in [1.29, 1.82) is 0 Å². The summed E-state index contributed by atoms with van der Waals surface area (Å²) in [6, 6.07) is 2.53. The van der Waals surface area contributed by atoms with Crippen molar-refractivity contribution in [3.63, 3.8) is 0 Å². The molecule has 1 aliphatic carbocycles. The highest BCUT2D eigenvalue weighted by Gasteiger charge is 2.49. The minimum absolute atomic E-state index is 0.0455. The van der Waals surface area contributed by atoms with E-state index >= 15 is 0 Å². The minimum atomic E-state index is -4.60. The van der Waals surface area contributed by atoms with Gasteiger partial charge in [0.1, 0.15) is 6.04 Å². The number of halogens is 5. The Morgan fingerprint density at radius 3 is 2.77 bits per heavy atom. The number of amides is 1. The molecule has 14 heteroatoms. The predicted molar refractivity (Wildman–Crippen MR) is 107 cm³/mol. The minimum Gasteiger partial charge on any atom is -0.417 e. The van der Waals surface area contributed by atoms with Gasteiger partial charge in [0.05, 0.1) is 28.8 Å². The number of carbonyl (C=O) groups excluding carboxylic acids is 1. The van der Waals surface area contributed by atoms with E-state index in [1.54, 1.807) is 0 Å². The van der Waals surface area contributed by atoms with Crippen LogP contribution in [-0.4, -0.2) is 53.1 Å². The molecule has 5 heterocycles. The number of hydrogen-bond donors (Lipinski definition) is 1. The summed E-state index contributed by atoms with van der Waals surface area (Å²) in [6.45, 7) is 0.165. The Hall–Kier alpha value is -3.84. The molecule has 2 aliphatic rings. The second kappa shape index (κ2) is 7.33. The van der Waals surface area contributed by atoms with Crippen LogP contribution < -0.4 is 0 Å². The van der Waals surface area contributed by atoms with Crippen LogP contribution in [0.15, 0.2) is 35.1 Å². The van der Waals surface area contributed by atoms with Crippen molar-refractivity contribution < 1.29 is 31.2 Å². The third kappa shape index (κ3) is 3.54. The van der Waals surface area contributed by atoms with E-state index in [4.69, 9.17) is 4.42 Å². The number of nitrogens with one attached hydrogen (secondary N) is 1. The van der Waals surface area contributed by atoms with E-state index < -0.39 is 48.4 Å². The van der Waals surface area contributed by atoms with Crippen LogP contribution in [0.3, 0.4) is 0 Å². The van der Waals surface area contributed by atoms with Crippen LogP contribution in [0.1, 0.15) is 64.0 Å². The molecule has 0 radical (unpaired) electrons. The molecule has 4 aromatic rings. The van der Waals surface area contributed by atoms with Crippen LogP contribution in [0, 0.1) is 0 Å². The maximum absolute atomic E-state index is 13.5. The zero-order chi connectivity index (χ0) is 24.5. The van der Waals surface area contributed by atoms with Crippen LogP contribution in [0.4, 0.5) is 22.0 Å². The maximum atomic E-state index is 13.5. The highest BCUT2D eigenvalue weighted by atomic mass is 19.4. The zero-order valence-corrected chi connectivity index (χ0v) is 17.8. The number of alkyl halides is 5. The molecule has 1 fully saturated rings. The molecule has 1 atom stereocenters. The number of imidazole rings is 1. The van der Waals surface area contributed by atoms with Gasteiger partial charge in [0, 0.05) is 43.6 Å². The van der Waals surface area contributed by atoms with Gasteiger partial charge in [-0.3, -0.25) is 4.79 Å². The third-order valence-corrected chi connectivity index (χ3v) is 6.36. The van der Waals surface area contributed by atoms with Gasteiger partial charge in [-0.15, -0.1) is 10.2 Å². The van der Waals surface area contributed by atoms with Gasteiger partial charge in [-0.05, 0) is 18.2 Å². The molecule has 0 unspecified atom stereocenters. The lowest BCUT2D eigenvalue weighted by Gasteiger charge is -2.33. The van der Waals surface area contributed by atoms with E-state index in [2.05, 4.69) is 25.3 Å². The molecule has 0 aromatic carbocycles. The molecule has 1 N–H and O–H groups in total. The number of H-pyrrole nitrogens is 1. The van der Waals surface area contributed by atoms with Crippen LogP contribution in [-0.2, 0) is 12.6 Å². The topological polar surface area (TPSA) is 105 Å². The Balaban J connectivity index is 1.38. The Kier molecular flexibility index (Phi) is 4.54. The number of aromatic nitrogens is 6. The quantitative estimate of drug-likeness (QED) is 0.436. The van der Waals surface area contributed by atoms with Crippen molar-refractivity contribution in [3.8, 4) is 0 Å². The molecule has 1 aliphatic heterocycles. The Bertz CT molecular complexity index is 1430. The molecule has 6 rings (SSSR count). The van der Waals surface area contributed by atoms with Gasteiger partial charge >= 0.3 is 18.0 Å². The molecule has 0 spiro atoms. The number of fused-ring (bicyclic) bond motifs is 2. The Morgan fingerprint density at radius 2 is 2.03 bits per heavy atom. The lowest BCUT2D eigenvalue weighted by Crippen LogP contribution is -2.41. The molecular formula is C21H16F5N7O2. The maximum Gasteiger partial charge on any atom is 0.418 e. The lowest BCUT2D eigenvalue weighted by atomic mass is 9.81. The van der Waals surface area contributed by atoms with Crippen LogP contribution >= 0.6 is 0 Å². The SMILES string of the molecule is O=C(c1nnc(C2CC(F)(F)C2)o1)N1CCc2[nH]cnc2[C@H]1c1cc2c(C(F)(F)F)cccn2n1. The van der Waals surface area contributed by atoms with E-state index in [9.17, 15) is 26.7 Å². The second-order valence-corrected chi connectivity index (χ2v) is 8.64. The van der Waals surface area contributed by atoms with Gasteiger partial charge in [0.15, 0.2) is 0 Å². The summed E-state index contributed by atoms with van der Waals surface area (Å²) in [7, 11) is 0. The molecule has 0 bridgehead atoms. The number of hydrogen-bond acceptors (Lipinski definition) is 6. The Labute approximate surface area is 193 Å². The number of rotatable bonds is 3. The molecule has 1 amide bonds. The summed E-state index contributed by atoms with van der Waals surface area (Å²) in [5.41, 5.74) is 0.279. The van der Waals surface area contributed by atoms with Crippen molar-refractivity contribution in [3.05, 3.63) is 65.1 Å². The van der Waals surface area contributed by atoms with Gasteiger partial charge in [0.25, 0.3) is 0 Å². The summed E-state index contributed by atoms with van der Waals surface area (Å²) in [4.78, 5) is 22.0. The fraction of sp³-hybridized carbons (Fsp3) is 0.381. The van der Waals surface area contributed by atoms with E-state index in [-0.39, 0.29) is 29.5 Å². The fourth-order valence-corrected chi connectivity index (χ4v) is 4.65. The summed E-state index contributed by atoms with van der Waals surface area (Å²) in [5, 5.41) is 11.8. The monoisotopic (exact) mass is 493 g/mol. The standard InChI is InChI=1S/C21H16F5N7O2/c22-20(23)7-10(8-20)17-29-30-18(35-17)19(34)32-5-3-12-15(28-9-27-12)16(32)13-6-14-11(21(24,25)26)2-1-4-33(14)31-13/h1-2,4,6,9-10,16H,3,5,7-8H2,(H,27,28)/t16-/m1/s1. The van der Waals surface area contributed by atoms with Gasteiger partial charge in [-0.2, -0.15) is 18.3 Å². The normalized spacial score (nSPS) is 20.1. The smallest absolute Gasteiger partial charge is 0.417 e. The zero-order valence-electron chi connectivity index (χ0n) is 17.8. The molecule has 1 saturated carbocycles. The van der Waals surface area contributed by atoms with E-state index in [1.165, 1.54) is 29.6 Å². The molecular weight excluding hydrogens is 477 g/mol. The number of nitrogens with zero attached hydrogens (tertiary/aromatic N) is 6. The number of aromatic amines is 1. The van der Waals surface area contributed by atoms with E-state index in [0.717, 1.165) is 16.3 Å². The third-order valence-electron chi connectivity index (χ3n) is 6.36. The van der Waals surface area contributed by atoms with Crippen molar-refractivity contribution >= 4 is 11.4 Å². The first-order valence-electron chi connectivity index (χ1n) is 10.7. The molecule has 4 aromatic heterocycles. The summed E-state index contributed by atoms with van der Waals surface area (Å²) >= 11 is 0. The molecule has 182 valence electrons. The van der Waals surface area contributed by atoms with Crippen molar-refractivity contribution in [2.24, 2.45) is 0 Å². The Morgan fingerprint density at radius 1 is 1.23 bits per heavy atom. The van der Waals surface area contributed by atoms with Gasteiger partial charge < -0.3 is 14.3 Å². The van der Waals surface area contributed by atoms with Gasteiger partial charge in [-0.1, -0.05) is 0 Å². The van der Waals surface area contributed by atoms with Crippen molar-refractivity contribution in [1.82, 2.24) is 34.7 Å². The highest BCUT2D eigenvalue weighted by molar-refractivity contribution is 5.90. The summed E-state index contributed by atoms with van der Waals surface area (Å²) < 4.78 is 73.6. The summed E-state index contributed by atoms with van der Waals surface area (Å²) in [5.74, 6) is -4.56. The molecule has 35 heavy (non-hydrogen) atoms.